The molecule has 0 bridgehead atoms. The summed E-state index contributed by atoms with van der Waals surface area (Å²) in [6.07, 6.45) is 1.62. The number of hydrogen-bond acceptors (Lipinski definition) is 6. The first-order chi connectivity index (χ1) is 11.7. The molecule has 0 aliphatic carbocycles. The van der Waals surface area contributed by atoms with Crippen molar-refractivity contribution in [3.05, 3.63) is 35.9 Å². The Kier molecular flexibility index (Phi) is 3.86. The molecule has 4 rings (SSSR count). The normalized spacial score (nSPS) is 15.1. The predicted octanol–water partition coefficient (Wildman–Crippen LogP) is 2.34. The fourth-order valence-electron chi connectivity index (χ4n) is 3.00. The van der Waals surface area contributed by atoms with E-state index in [9.17, 15) is 0 Å². The van der Waals surface area contributed by atoms with Crippen molar-refractivity contribution in [1.82, 2.24) is 19.9 Å². The third-order valence-corrected chi connectivity index (χ3v) is 4.41. The van der Waals surface area contributed by atoms with Crippen molar-refractivity contribution in [2.45, 2.75) is 0 Å². The van der Waals surface area contributed by atoms with E-state index in [2.05, 4.69) is 41.9 Å². The molecule has 3 heterocycles. The van der Waals surface area contributed by atoms with Gasteiger partial charge in [-0.2, -0.15) is 9.97 Å². The third kappa shape index (κ3) is 2.71. The summed E-state index contributed by atoms with van der Waals surface area (Å²) in [6.45, 7) is 3.48. The average Bonchev–Trinajstić information content (AvgIpc) is 3.09. The van der Waals surface area contributed by atoms with Crippen LogP contribution < -0.4 is 14.5 Å². The molecule has 0 saturated carbocycles. The molecule has 1 aliphatic heterocycles. The number of H-pyrrole nitrogens is 1. The van der Waals surface area contributed by atoms with Crippen molar-refractivity contribution in [3.8, 4) is 5.75 Å². The van der Waals surface area contributed by atoms with Crippen molar-refractivity contribution in [2.75, 3.05) is 43.1 Å². The molecule has 1 aliphatic rings. The van der Waals surface area contributed by atoms with Gasteiger partial charge in [0.15, 0.2) is 11.5 Å². The van der Waals surface area contributed by atoms with Gasteiger partial charge >= 0.3 is 0 Å². The third-order valence-electron chi connectivity index (χ3n) is 4.24. The monoisotopic (exact) mass is 344 g/mol. The lowest BCUT2D eigenvalue weighted by Gasteiger charge is -2.36. The summed E-state index contributed by atoms with van der Waals surface area (Å²) in [5.74, 6) is 1.68. The molecule has 8 heteroatoms. The molecule has 24 heavy (non-hydrogen) atoms. The van der Waals surface area contributed by atoms with Crippen molar-refractivity contribution < 1.29 is 4.74 Å². The summed E-state index contributed by atoms with van der Waals surface area (Å²) in [6, 6.07) is 8.13. The van der Waals surface area contributed by atoms with E-state index in [0.717, 1.165) is 43.3 Å². The van der Waals surface area contributed by atoms with E-state index in [1.165, 1.54) is 5.69 Å². The van der Waals surface area contributed by atoms with E-state index in [-0.39, 0.29) is 5.28 Å². The highest BCUT2D eigenvalue weighted by Crippen LogP contribution is 2.26. The van der Waals surface area contributed by atoms with Gasteiger partial charge < -0.3 is 19.5 Å². The quantitative estimate of drug-likeness (QED) is 0.735. The topological polar surface area (TPSA) is 70.2 Å². The van der Waals surface area contributed by atoms with E-state index in [4.69, 9.17) is 16.3 Å². The molecule has 1 fully saturated rings. The Hall–Kier alpha value is -2.54. The lowest BCUT2D eigenvalue weighted by molar-refractivity contribution is 0.414. The molecular formula is C16H17ClN6O. The van der Waals surface area contributed by atoms with Crippen LogP contribution in [0.25, 0.3) is 11.2 Å². The zero-order chi connectivity index (χ0) is 16.5. The van der Waals surface area contributed by atoms with Crippen molar-refractivity contribution in [1.29, 1.82) is 0 Å². The van der Waals surface area contributed by atoms with E-state index in [1.807, 2.05) is 12.1 Å². The van der Waals surface area contributed by atoms with Crippen LogP contribution in [0.15, 0.2) is 30.6 Å². The molecular weight excluding hydrogens is 328 g/mol. The average molecular weight is 345 g/mol. The summed E-state index contributed by atoms with van der Waals surface area (Å²) in [5.41, 5.74) is 2.59. The van der Waals surface area contributed by atoms with Crippen LogP contribution in [0.4, 0.5) is 11.5 Å². The SMILES string of the molecule is COc1cccc(N2CCN(c3nc(Cl)nc4nc[nH]c34)CC2)c1. The molecule has 124 valence electrons. The largest absolute Gasteiger partial charge is 0.497 e. The van der Waals surface area contributed by atoms with Crippen molar-refractivity contribution in [2.24, 2.45) is 0 Å². The lowest BCUT2D eigenvalue weighted by Crippen LogP contribution is -2.47. The summed E-state index contributed by atoms with van der Waals surface area (Å²) in [4.78, 5) is 20.4. The fraction of sp³-hybridized carbons (Fsp3) is 0.312. The summed E-state index contributed by atoms with van der Waals surface area (Å²) in [5, 5.41) is 0.222. The molecule has 0 atom stereocenters. The van der Waals surface area contributed by atoms with Gasteiger partial charge in [-0.15, -0.1) is 0 Å². The number of nitrogens with one attached hydrogen (secondary N) is 1. The number of anilines is 2. The van der Waals surface area contributed by atoms with Gasteiger partial charge in [-0.3, -0.25) is 0 Å². The maximum Gasteiger partial charge on any atom is 0.226 e. The van der Waals surface area contributed by atoms with Crippen LogP contribution in [0.2, 0.25) is 5.28 Å². The predicted molar refractivity (Wildman–Crippen MR) is 94.1 cm³/mol. The second-order valence-corrected chi connectivity index (χ2v) is 5.93. The van der Waals surface area contributed by atoms with Crippen LogP contribution >= 0.6 is 11.6 Å². The Morgan fingerprint density at radius 1 is 1.12 bits per heavy atom. The van der Waals surface area contributed by atoms with E-state index in [0.29, 0.717) is 5.65 Å². The molecule has 0 radical (unpaired) electrons. The highest BCUT2D eigenvalue weighted by Gasteiger charge is 2.22. The summed E-state index contributed by atoms with van der Waals surface area (Å²) >= 11 is 6.03. The van der Waals surface area contributed by atoms with Gasteiger partial charge in [0.1, 0.15) is 11.3 Å². The first-order valence-corrected chi connectivity index (χ1v) is 8.13. The number of piperazine rings is 1. The number of imidazole rings is 1. The van der Waals surface area contributed by atoms with Crippen LogP contribution in [0, 0.1) is 0 Å². The number of methoxy groups -OCH3 is 1. The molecule has 7 nitrogen and oxygen atoms in total. The summed E-state index contributed by atoms with van der Waals surface area (Å²) < 4.78 is 5.31. The van der Waals surface area contributed by atoms with Crippen LogP contribution in [0.3, 0.4) is 0 Å². The minimum Gasteiger partial charge on any atom is -0.497 e. The maximum absolute atomic E-state index is 6.03. The Balaban J connectivity index is 1.54. The van der Waals surface area contributed by atoms with Crippen LogP contribution in [-0.2, 0) is 0 Å². The second kappa shape index (κ2) is 6.16. The van der Waals surface area contributed by atoms with E-state index >= 15 is 0 Å². The first kappa shape index (κ1) is 15.0. The van der Waals surface area contributed by atoms with Crippen molar-refractivity contribution >= 4 is 34.3 Å². The molecule has 3 aromatic rings. The van der Waals surface area contributed by atoms with Crippen LogP contribution in [0.5, 0.6) is 5.75 Å². The number of nitrogens with zero attached hydrogens (tertiary/aromatic N) is 5. The second-order valence-electron chi connectivity index (χ2n) is 5.59. The number of rotatable bonds is 3. The van der Waals surface area contributed by atoms with Gasteiger partial charge in [0, 0.05) is 37.9 Å². The first-order valence-electron chi connectivity index (χ1n) is 7.75. The van der Waals surface area contributed by atoms with E-state index < -0.39 is 0 Å². The Morgan fingerprint density at radius 2 is 1.92 bits per heavy atom. The highest BCUT2D eigenvalue weighted by molar-refractivity contribution is 6.28. The number of ether oxygens (including phenoxy) is 1. The standard InChI is InChI=1S/C16H17ClN6O/c1-24-12-4-2-3-11(9-12)22-5-7-23(8-6-22)15-13-14(19-10-18-13)20-16(17)21-15/h2-4,9-10H,5-8H2,1H3,(H,18,19,20,21). The van der Waals surface area contributed by atoms with Gasteiger partial charge in [0.25, 0.3) is 0 Å². The molecule has 0 amide bonds. The number of aromatic amines is 1. The fourth-order valence-corrected chi connectivity index (χ4v) is 3.16. The number of aromatic nitrogens is 4. The molecule has 2 aromatic heterocycles. The minimum atomic E-state index is 0.222. The molecule has 0 unspecified atom stereocenters. The van der Waals surface area contributed by atoms with Gasteiger partial charge in [-0.25, -0.2) is 4.98 Å². The molecule has 0 spiro atoms. The maximum atomic E-state index is 6.03. The smallest absolute Gasteiger partial charge is 0.226 e. The Labute approximate surface area is 144 Å². The van der Waals surface area contributed by atoms with Gasteiger partial charge in [-0.05, 0) is 23.7 Å². The zero-order valence-electron chi connectivity index (χ0n) is 13.2. The number of benzene rings is 1. The molecule has 1 aromatic carbocycles. The van der Waals surface area contributed by atoms with Crippen LogP contribution in [-0.4, -0.2) is 53.2 Å². The lowest BCUT2D eigenvalue weighted by atomic mass is 10.2. The number of hydrogen-bond donors (Lipinski definition) is 1. The molecule has 1 N–H and O–H groups in total. The highest BCUT2D eigenvalue weighted by atomic mass is 35.5. The van der Waals surface area contributed by atoms with Gasteiger partial charge in [0.05, 0.1) is 13.4 Å². The van der Waals surface area contributed by atoms with Crippen molar-refractivity contribution in [3.63, 3.8) is 0 Å². The Bertz CT molecular complexity index is 859. The Morgan fingerprint density at radius 3 is 2.71 bits per heavy atom. The molecule has 1 saturated heterocycles. The number of halogens is 1. The number of fused-ring (bicyclic) bond motifs is 1. The minimum absolute atomic E-state index is 0.222. The zero-order valence-corrected chi connectivity index (χ0v) is 14.0. The van der Waals surface area contributed by atoms with Gasteiger partial charge in [0.2, 0.25) is 5.28 Å². The van der Waals surface area contributed by atoms with E-state index in [1.54, 1.807) is 13.4 Å². The van der Waals surface area contributed by atoms with Gasteiger partial charge in [-0.1, -0.05) is 6.07 Å². The van der Waals surface area contributed by atoms with Crippen LogP contribution in [0.1, 0.15) is 0 Å². The summed E-state index contributed by atoms with van der Waals surface area (Å²) in [7, 11) is 1.69.